The summed E-state index contributed by atoms with van der Waals surface area (Å²) in [7, 11) is 3.14. The van der Waals surface area contributed by atoms with Crippen LogP contribution < -0.4 is 20.1 Å². The summed E-state index contributed by atoms with van der Waals surface area (Å²) >= 11 is 0. The van der Waals surface area contributed by atoms with Crippen LogP contribution in [0.2, 0.25) is 0 Å². The van der Waals surface area contributed by atoms with Gasteiger partial charge in [0.2, 0.25) is 5.95 Å². The van der Waals surface area contributed by atoms with Gasteiger partial charge in [-0.2, -0.15) is 4.98 Å². The van der Waals surface area contributed by atoms with Gasteiger partial charge >= 0.3 is 0 Å². The largest absolute Gasteiger partial charge is 0.493 e. The third kappa shape index (κ3) is 3.71. The minimum atomic E-state index is -0.0988. The van der Waals surface area contributed by atoms with Crippen molar-refractivity contribution >= 4 is 17.5 Å². The summed E-state index contributed by atoms with van der Waals surface area (Å²) in [5, 5.41) is 0. The van der Waals surface area contributed by atoms with Gasteiger partial charge in [-0.3, -0.25) is 4.79 Å². The smallest absolute Gasteiger partial charge is 0.222 e. The molecule has 0 spiro atoms. The number of ketones is 1. The van der Waals surface area contributed by atoms with E-state index in [1.807, 2.05) is 13.0 Å². The third-order valence-electron chi connectivity index (χ3n) is 4.64. The van der Waals surface area contributed by atoms with Crippen molar-refractivity contribution in [1.29, 1.82) is 0 Å². The molecule has 138 valence electrons. The average Bonchev–Trinajstić information content (AvgIpc) is 2.66. The molecule has 3 rings (SSSR count). The van der Waals surface area contributed by atoms with Crippen LogP contribution in [0.1, 0.15) is 28.9 Å². The van der Waals surface area contributed by atoms with E-state index in [0.717, 1.165) is 30.9 Å². The Morgan fingerprint density at radius 2 is 1.96 bits per heavy atom. The molecule has 0 unspecified atom stereocenters. The quantitative estimate of drug-likeness (QED) is 0.823. The Labute approximate surface area is 153 Å². The second kappa shape index (κ2) is 7.59. The molecule has 1 atom stereocenters. The molecule has 1 aromatic carbocycles. The Balaban J connectivity index is 1.80. The van der Waals surface area contributed by atoms with E-state index in [0.29, 0.717) is 23.6 Å². The van der Waals surface area contributed by atoms with Gasteiger partial charge in [0.1, 0.15) is 5.82 Å². The zero-order chi connectivity index (χ0) is 18.7. The number of carbonyl (C=O) groups is 1. The number of carbonyl (C=O) groups excluding carboxylic acids is 1. The number of benzene rings is 1. The standard InChI is InChI=1S/C19H24N4O3/c1-12-9-17(22-19(20)21-12)23-8-4-5-14(11-23)18(24)13-6-7-15(25-2)16(10-13)26-3/h6-7,9-10,14H,4-5,8,11H2,1-3H3,(H2,20,21,22)/t14-/m1/s1. The van der Waals surface area contributed by atoms with Gasteiger partial charge in [-0.05, 0) is 38.0 Å². The molecule has 1 aliphatic rings. The van der Waals surface area contributed by atoms with E-state index in [2.05, 4.69) is 14.9 Å². The van der Waals surface area contributed by atoms with Crippen LogP contribution in [0.4, 0.5) is 11.8 Å². The fraction of sp³-hybridized carbons (Fsp3) is 0.421. The predicted octanol–water partition coefficient (Wildman–Crippen LogP) is 2.48. The number of methoxy groups -OCH3 is 2. The molecule has 1 saturated heterocycles. The Morgan fingerprint density at radius 1 is 1.19 bits per heavy atom. The number of nitrogens with two attached hydrogens (primary N) is 1. The van der Waals surface area contributed by atoms with Crippen molar-refractivity contribution in [2.75, 3.05) is 37.9 Å². The van der Waals surface area contributed by atoms with E-state index in [1.165, 1.54) is 0 Å². The number of ether oxygens (including phenoxy) is 2. The molecule has 2 heterocycles. The molecule has 2 N–H and O–H groups in total. The van der Waals surface area contributed by atoms with Crippen LogP contribution >= 0.6 is 0 Å². The second-order valence-corrected chi connectivity index (χ2v) is 6.44. The molecule has 1 fully saturated rings. The first-order valence-corrected chi connectivity index (χ1v) is 8.64. The number of anilines is 2. The molecule has 1 aliphatic heterocycles. The van der Waals surface area contributed by atoms with E-state index < -0.39 is 0 Å². The van der Waals surface area contributed by atoms with Gasteiger partial charge in [0, 0.05) is 36.3 Å². The number of nitrogen functional groups attached to an aromatic ring is 1. The van der Waals surface area contributed by atoms with Gasteiger partial charge < -0.3 is 20.1 Å². The van der Waals surface area contributed by atoms with Crippen LogP contribution in [0, 0.1) is 12.8 Å². The molecular formula is C19H24N4O3. The average molecular weight is 356 g/mol. The van der Waals surface area contributed by atoms with Crippen LogP contribution in [-0.2, 0) is 0 Å². The maximum atomic E-state index is 13.0. The number of rotatable bonds is 5. The molecule has 0 amide bonds. The first kappa shape index (κ1) is 18.0. The molecule has 0 aliphatic carbocycles. The highest BCUT2D eigenvalue weighted by atomic mass is 16.5. The zero-order valence-corrected chi connectivity index (χ0v) is 15.4. The van der Waals surface area contributed by atoms with Crippen molar-refractivity contribution in [3.63, 3.8) is 0 Å². The first-order chi connectivity index (χ1) is 12.5. The van der Waals surface area contributed by atoms with E-state index in [9.17, 15) is 4.79 Å². The van der Waals surface area contributed by atoms with Crippen molar-refractivity contribution in [3.8, 4) is 11.5 Å². The third-order valence-corrected chi connectivity index (χ3v) is 4.64. The van der Waals surface area contributed by atoms with Crippen LogP contribution in [0.3, 0.4) is 0 Å². The fourth-order valence-corrected chi connectivity index (χ4v) is 3.36. The Morgan fingerprint density at radius 3 is 2.65 bits per heavy atom. The molecule has 0 bridgehead atoms. The van der Waals surface area contributed by atoms with Gasteiger partial charge in [-0.15, -0.1) is 0 Å². The summed E-state index contributed by atoms with van der Waals surface area (Å²) < 4.78 is 10.6. The van der Waals surface area contributed by atoms with Crippen molar-refractivity contribution in [2.45, 2.75) is 19.8 Å². The van der Waals surface area contributed by atoms with Crippen molar-refractivity contribution in [2.24, 2.45) is 5.92 Å². The van der Waals surface area contributed by atoms with Crippen molar-refractivity contribution in [3.05, 3.63) is 35.5 Å². The normalized spacial score (nSPS) is 17.0. The summed E-state index contributed by atoms with van der Waals surface area (Å²) in [6.45, 7) is 3.35. The minimum Gasteiger partial charge on any atom is -0.493 e. The topological polar surface area (TPSA) is 90.6 Å². The molecule has 1 aromatic heterocycles. The summed E-state index contributed by atoms with van der Waals surface area (Å²) in [6.07, 6.45) is 1.77. The van der Waals surface area contributed by atoms with Gasteiger partial charge in [0.25, 0.3) is 0 Å². The highest BCUT2D eigenvalue weighted by Crippen LogP contribution is 2.30. The highest BCUT2D eigenvalue weighted by molar-refractivity contribution is 5.98. The number of piperidine rings is 1. The molecular weight excluding hydrogens is 332 g/mol. The number of aromatic nitrogens is 2. The molecule has 0 saturated carbocycles. The highest BCUT2D eigenvalue weighted by Gasteiger charge is 2.28. The minimum absolute atomic E-state index is 0.0988. The Bertz CT molecular complexity index is 789. The molecule has 7 nitrogen and oxygen atoms in total. The first-order valence-electron chi connectivity index (χ1n) is 8.64. The number of hydrogen-bond donors (Lipinski definition) is 1. The summed E-state index contributed by atoms with van der Waals surface area (Å²) in [5.74, 6) is 2.22. The van der Waals surface area contributed by atoms with Gasteiger partial charge in [-0.1, -0.05) is 0 Å². The van der Waals surface area contributed by atoms with E-state index in [4.69, 9.17) is 15.2 Å². The van der Waals surface area contributed by atoms with Gasteiger partial charge in [0.05, 0.1) is 14.2 Å². The lowest BCUT2D eigenvalue weighted by molar-refractivity contribution is 0.0906. The van der Waals surface area contributed by atoms with E-state index >= 15 is 0 Å². The lowest BCUT2D eigenvalue weighted by atomic mass is 9.90. The van der Waals surface area contributed by atoms with Gasteiger partial charge in [-0.25, -0.2) is 4.98 Å². The van der Waals surface area contributed by atoms with Crippen LogP contribution in [0.25, 0.3) is 0 Å². The number of aryl methyl sites for hydroxylation is 1. The maximum absolute atomic E-state index is 13.0. The van der Waals surface area contributed by atoms with Crippen molar-refractivity contribution < 1.29 is 14.3 Å². The predicted molar refractivity (Wildman–Crippen MR) is 100.0 cm³/mol. The summed E-state index contributed by atoms with van der Waals surface area (Å²) in [6, 6.07) is 7.20. The molecule has 2 aromatic rings. The van der Waals surface area contributed by atoms with E-state index in [1.54, 1.807) is 32.4 Å². The zero-order valence-electron chi connectivity index (χ0n) is 15.4. The monoisotopic (exact) mass is 356 g/mol. The number of Topliss-reactive ketones (excluding diaryl/α,β-unsaturated/α-hetero) is 1. The number of nitrogens with zero attached hydrogens (tertiary/aromatic N) is 3. The fourth-order valence-electron chi connectivity index (χ4n) is 3.36. The second-order valence-electron chi connectivity index (χ2n) is 6.44. The van der Waals surface area contributed by atoms with Crippen LogP contribution in [0.15, 0.2) is 24.3 Å². The summed E-state index contributed by atoms with van der Waals surface area (Å²) in [5.41, 5.74) is 7.22. The molecule has 7 heteroatoms. The van der Waals surface area contributed by atoms with Gasteiger partial charge in [0.15, 0.2) is 17.3 Å². The number of hydrogen-bond acceptors (Lipinski definition) is 7. The Hall–Kier alpha value is -2.83. The summed E-state index contributed by atoms with van der Waals surface area (Å²) in [4.78, 5) is 23.5. The maximum Gasteiger partial charge on any atom is 0.222 e. The lowest BCUT2D eigenvalue weighted by Gasteiger charge is -2.33. The van der Waals surface area contributed by atoms with Crippen LogP contribution in [0.5, 0.6) is 11.5 Å². The SMILES string of the molecule is COc1ccc(C(=O)[C@@H]2CCCN(c3cc(C)nc(N)n3)C2)cc1OC. The van der Waals surface area contributed by atoms with E-state index in [-0.39, 0.29) is 17.6 Å². The van der Waals surface area contributed by atoms with Crippen LogP contribution in [-0.4, -0.2) is 43.1 Å². The van der Waals surface area contributed by atoms with Crippen molar-refractivity contribution in [1.82, 2.24) is 9.97 Å². The Kier molecular flexibility index (Phi) is 5.25. The molecule has 0 radical (unpaired) electrons. The molecule has 26 heavy (non-hydrogen) atoms. The lowest BCUT2D eigenvalue weighted by Crippen LogP contribution is -2.39.